The summed E-state index contributed by atoms with van der Waals surface area (Å²) >= 11 is 0. The average molecular weight is 253 g/mol. The minimum atomic E-state index is 0.211. The predicted octanol–water partition coefficient (Wildman–Crippen LogP) is 0.975. The zero-order valence-electron chi connectivity index (χ0n) is 11.7. The second-order valence-electron chi connectivity index (χ2n) is 6.05. The molecule has 104 valence electrons. The molecule has 0 aromatic heterocycles. The zero-order chi connectivity index (χ0) is 13.0. The Labute approximate surface area is 110 Å². The largest absolute Gasteiger partial charge is 0.352 e. The van der Waals surface area contributed by atoms with Crippen molar-refractivity contribution in [3.05, 3.63) is 0 Å². The van der Waals surface area contributed by atoms with Crippen LogP contribution in [0.5, 0.6) is 0 Å². The van der Waals surface area contributed by atoms with E-state index in [0.29, 0.717) is 18.6 Å². The third kappa shape index (κ3) is 3.95. The van der Waals surface area contributed by atoms with Crippen LogP contribution in [0.25, 0.3) is 0 Å². The van der Waals surface area contributed by atoms with Gasteiger partial charge in [-0.3, -0.25) is 9.69 Å². The smallest absolute Gasteiger partial charge is 0.234 e. The third-order valence-corrected chi connectivity index (χ3v) is 4.37. The molecular formula is C14H27N3O. The molecule has 1 aliphatic carbocycles. The van der Waals surface area contributed by atoms with Crippen molar-refractivity contribution in [2.45, 2.75) is 51.6 Å². The highest BCUT2D eigenvalue weighted by Gasteiger charge is 2.23. The van der Waals surface area contributed by atoms with E-state index >= 15 is 0 Å². The van der Waals surface area contributed by atoms with Gasteiger partial charge >= 0.3 is 0 Å². The summed E-state index contributed by atoms with van der Waals surface area (Å²) in [7, 11) is 0. The second-order valence-corrected chi connectivity index (χ2v) is 6.05. The molecule has 1 atom stereocenters. The lowest BCUT2D eigenvalue weighted by molar-refractivity contribution is -0.123. The summed E-state index contributed by atoms with van der Waals surface area (Å²) in [6.45, 7) is 8.03. The molecule has 0 unspecified atom stereocenters. The molecule has 1 amide bonds. The molecule has 0 aromatic carbocycles. The molecule has 2 N–H and O–H groups in total. The van der Waals surface area contributed by atoms with Crippen molar-refractivity contribution in [1.82, 2.24) is 15.5 Å². The Morgan fingerprint density at radius 3 is 2.67 bits per heavy atom. The number of hydrogen-bond donors (Lipinski definition) is 2. The van der Waals surface area contributed by atoms with Gasteiger partial charge in [-0.15, -0.1) is 0 Å². The Morgan fingerprint density at radius 1 is 1.28 bits per heavy atom. The summed E-state index contributed by atoms with van der Waals surface area (Å²) < 4.78 is 0. The monoisotopic (exact) mass is 253 g/mol. The summed E-state index contributed by atoms with van der Waals surface area (Å²) in [5.41, 5.74) is 0. The van der Waals surface area contributed by atoms with Gasteiger partial charge in [0.2, 0.25) is 5.91 Å². The van der Waals surface area contributed by atoms with Gasteiger partial charge in [0.15, 0.2) is 0 Å². The van der Waals surface area contributed by atoms with E-state index in [1.807, 2.05) is 0 Å². The second kappa shape index (κ2) is 6.53. The molecule has 1 saturated carbocycles. The van der Waals surface area contributed by atoms with Gasteiger partial charge < -0.3 is 10.6 Å². The van der Waals surface area contributed by atoms with Crippen molar-refractivity contribution in [2.75, 3.05) is 26.2 Å². The highest BCUT2D eigenvalue weighted by molar-refractivity contribution is 5.78. The van der Waals surface area contributed by atoms with Crippen LogP contribution < -0.4 is 10.6 Å². The number of carbonyl (C=O) groups is 1. The van der Waals surface area contributed by atoms with E-state index in [1.165, 1.54) is 12.8 Å². The van der Waals surface area contributed by atoms with Gasteiger partial charge in [0, 0.05) is 31.7 Å². The van der Waals surface area contributed by atoms with Gasteiger partial charge in [-0.2, -0.15) is 0 Å². The van der Waals surface area contributed by atoms with E-state index in [9.17, 15) is 4.79 Å². The van der Waals surface area contributed by atoms with Gasteiger partial charge in [0.25, 0.3) is 0 Å². The SMILES string of the molecule is CC1CCC(NC(=O)CN2CCNC[C@@H]2C)CC1. The van der Waals surface area contributed by atoms with E-state index in [0.717, 1.165) is 38.4 Å². The van der Waals surface area contributed by atoms with Crippen LogP contribution >= 0.6 is 0 Å². The quantitative estimate of drug-likeness (QED) is 0.788. The summed E-state index contributed by atoms with van der Waals surface area (Å²) in [5.74, 6) is 1.05. The van der Waals surface area contributed by atoms with Crippen LogP contribution in [0.4, 0.5) is 0 Å². The molecule has 0 aromatic rings. The molecule has 0 spiro atoms. The summed E-state index contributed by atoms with van der Waals surface area (Å²) in [5, 5.41) is 6.56. The number of carbonyl (C=O) groups excluding carboxylic acids is 1. The van der Waals surface area contributed by atoms with E-state index in [1.54, 1.807) is 0 Å². The molecule has 1 heterocycles. The maximum absolute atomic E-state index is 12.0. The molecule has 1 saturated heterocycles. The van der Waals surface area contributed by atoms with Gasteiger partial charge in [-0.1, -0.05) is 6.92 Å². The molecule has 4 heteroatoms. The Morgan fingerprint density at radius 2 is 2.00 bits per heavy atom. The maximum Gasteiger partial charge on any atom is 0.234 e. The molecule has 1 aliphatic heterocycles. The van der Waals surface area contributed by atoms with Gasteiger partial charge in [-0.25, -0.2) is 0 Å². The van der Waals surface area contributed by atoms with Gasteiger partial charge in [0.05, 0.1) is 6.54 Å². The number of nitrogens with one attached hydrogen (secondary N) is 2. The van der Waals surface area contributed by atoms with Crippen LogP contribution in [0.2, 0.25) is 0 Å². The van der Waals surface area contributed by atoms with Crippen LogP contribution in [-0.4, -0.2) is 49.1 Å². The van der Waals surface area contributed by atoms with Crippen LogP contribution in [-0.2, 0) is 4.79 Å². The van der Waals surface area contributed by atoms with Crippen LogP contribution in [0, 0.1) is 5.92 Å². The lowest BCUT2D eigenvalue weighted by atomic mass is 9.87. The zero-order valence-corrected chi connectivity index (χ0v) is 11.7. The normalized spacial score (nSPS) is 34.2. The number of piperazine rings is 1. The van der Waals surface area contributed by atoms with Crippen molar-refractivity contribution >= 4 is 5.91 Å². The fourth-order valence-electron chi connectivity index (χ4n) is 2.98. The molecule has 0 bridgehead atoms. The lowest BCUT2D eigenvalue weighted by Gasteiger charge is -2.34. The minimum absolute atomic E-state index is 0.211. The first-order chi connectivity index (χ1) is 8.65. The van der Waals surface area contributed by atoms with Crippen LogP contribution in [0.3, 0.4) is 0 Å². The number of amides is 1. The van der Waals surface area contributed by atoms with Crippen molar-refractivity contribution in [2.24, 2.45) is 5.92 Å². The first kappa shape index (κ1) is 13.8. The van der Waals surface area contributed by atoms with E-state index < -0.39 is 0 Å². The first-order valence-corrected chi connectivity index (χ1v) is 7.39. The van der Waals surface area contributed by atoms with Crippen molar-refractivity contribution in [3.63, 3.8) is 0 Å². The van der Waals surface area contributed by atoms with Crippen molar-refractivity contribution in [1.29, 1.82) is 0 Å². The van der Waals surface area contributed by atoms with E-state index in [2.05, 4.69) is 29.4 Å². The van der Waals surface area contributed by atoms with Crippen LogP contribution in [0.1, 0.15) is 39.5 Å². The standard InChI is InChI=1S/C14H27N3O/c1-11-3-5-13(6-4-11)16-14(18)10-17-8-7-15-9-12(17)2/h11-13,15H,3-10H2,1-2H3,(H,16,18)/t11?,12-,13?/m0/s1. The molecule has 18 heavy (non-hydrogen) atoms. The number of hydrogen-bond acceptors (Lipinski definition) is 3. The Bertz CT molecular complexity index is 274. The summed E-state index contributed by atoms with van der Waals surface area (Å²) in [6, 6.07) is 0.891. The molecular weight excluding hydrogens is 226 g/mol. The van der Waals surface area contributed by atoms with E-state index in [-0.39, 0.29) is 5.91 Å². The summed E-state index contributed by atoms with van der Waals surface area (Å²) in [6.07, 6.45) is 4.83. The lowest BCUT2D eigenvalue weighted by Crippen LogP contribution is -2.53. The topological polar surface area (TPSA) is 44.4 Å². The molecule has 0 radical (unpaired) electrons. The average Bonchev–Trinajstić information content (AvgIpc) is 2.35. The fourth-order valence-corrected chi connectivity index (χ4v) is 2.98. The highest BCUT2D eigenvalue weighted by Crippen LogP contribution is 2.23. The van der Waals surface area contributed by atoms with Crippen molar-refractivity contribution in [3.8, 4) is 0 Å². The Balaban J connectivity index is 1.71. The summed E-state index contributed by atoms with van der Waals surface area (Å²) in [4.78, 5) is 14.3. The Hall–Kier alpha value is -0.610. The number of rotatable bonds is 3. The highest BCUT2D eigenvalue weighted by atomic mass is 16.2. The molecule has 4 nitrogen and oxygen atoms in total. The minimum Gasteiger partial charge on any atom is -0.352 e. The van der Waals surface area contributed by atoms with Gasteiger partial charge in [0.1, 0.15) is 0 Å². The molecule has 2 aliphatic rings. The maximum atomic E-state index is 12.0. The number of nitrogens with zero attached hydrogens (tertiary/aromatic N) is 1. The molecule has 2 rings (SSSR count). The third-order valence-electron chi connectivity index (χ3n) is 4.37. The first-order valence-electron chi connectivity index (χ1n) is 7.39. The van der Waals surface area contributed by atoms with E-state index in [4.69, 9.17) is 0 Å². The predicted molar refractivity (Wildman–Crippen MR) is 73.5 cm³/mol. The van der Waals surface area contributed by atoms with Crippen LogP contribution in [0.15, 0.2) is 0 Å². The molecule has 2 fully saturated rings. The Kier molecular flexibility index (Phi) is 5.01. The fraction of sp³-hybridized carbons (Fsp3) is 0.929. The van der Waals surface area contributed by atoms with Gasteiger partial charge in [-0.05, 0) is 38.5 Å². The van der Waals surface area contributed by atoms with Crippen molar-refractivity contribution < 1.29 is 4.79 Å².